The SMILES string of the molecule is Cn1cnnc1CNC(=O)c1ccc(N)c(C(F)(F)F)c1. The largest absolute Gasteiger partial charge is 0.418 e. The van der Waals surface area contributed by atoms with Gasteiger partial charge in [-0.2, -0.15) is 13.2 Å². The highest BCUT2D eigenvalue weighted by Crippen LogP contribution is 2.33. The molecular formula is C12H12F3N5O. The molecule has 2 aromatic rings. The lowest BCUT2D eigenvalue weighted by Gasteiger charge is -2.11. The molecule has 2 rings (SSSR count). The maximum Gasteiger partial charge on any atom is 0.418 e. The molecule has 112 valence electrons. The number of hydrogen-bond donors (Lipinski definition) is 2. The molecule has 1 aromatic heterocycles. The maximum absolute atomic E-state index is 12.7. The third kappa shape index (κ3) is 3.30. The van der Waals surface area contributed by atoms with E-state index >= 15 is 0 Å². The second kappa shape index (κ2) is 5.43. The first-order chi connectivity index (χ1) is 9.79. The van der Waals surface area contributed by atoms with Crippen LogP contribution >= 0.6 is 0 Å². The van der Waals surface area contributed by atoms with Crippen molar-refractivity contribution >= 4 is 11.6 Å². The minimum Gasteiger partial charge on any atom is -0.398 e. The van der Waals surface area contributed by atoms with Gasteiger partial charge < -0.3 is 15.6 Å². The van der Waals surface area contributed by atoms with Crippen LogP contribution in [0.3, 0.4) is 0 Å². The zero-order valence-corrected chi connectivity index (χ0v) is 11.0. The Morgan fingerprint density at radius 3 is 2.71 bits per heavy atom. The molecule has 0 aliphatic carbocycles. The molecule has 1 amide bonds. The van der Waals surface area contributed by atoms with E-state index in [2.05, 4.69) is 15.5 Å². The first-order valence-corrected chi connectivity index (χ1v) is 5.87. The number of nitrogens with zero attached hydrogens (tertiary/aromatic N) is 3. The summed E-state index contributed by atoms with van der Waals surface area (Å²) in [4.78, 5) is 11.9. The number of aryl methyl sites for hydroxylation is 1. The number of aromatic nitrogens is 3. The number of hydrogen-bond acceptors (Lipinski definition) is 4. The fraction of sp³-hybridized carbons (Fsp3) is 0.250. The van der Waals surface area contributed by atoms with Crippen molar-refractivity contribution < 1.29 is 18.0 Å². The smallest absolute Gasteiger partial charge is 0.398 e. The number of nitrogens with one attached hydrogen (secondary N) is 1. The highest BCUT2D eigenvalue weighted by Gasteiger charge is 2.33. The van der Waals surface area contributed by atoms with Crippen molar-refractivity contribution in [3.63, 3.8) is 0 Å². The van der Waals surface area contributed by atoms with Gasteiger partial charge in [0, 0.05) is 18.3 Å². The fourth-order valence-corrected chi connectivity index (χ4v) is 1.67. The summed E-state index contributed by atoms with van der Waals surface area (Å²) >= 11 is 0. The summed E-state index contributed by atoms with van der Waals surface area (Å²) in [7, 11) is 1.69. The monoisotopic (exact) mass is 299 g/mol. The molecular weight excluding hydrogens is 287 g/mol. The number of carbonyl (C=O) groups excluding carboxylic acids is 1. The molecule has 1 aromatic carbocycles. The molecule has 0 aliphatic rings. The molecule has 0 spiro atoms. The lowest BCUT2D eigenvalue weighted by Crippen LogP contribution is -2.25. The molecule has 21 heavy (non-hydrogen) atoms. The summed E-state index contributed by atoms with van der Waals surface area (Å²) < 4.78 is 39.8. The molecule has 0 aliphatic heterocycles. The van der Waals surface area contributed by atoms with E-state index in [9.17, 15) is 18.0 Å². The molecule has 3 N–H and O–H groups in total. The number of amides is 1. The molecule has 0 atom stereocenters. The van der Waals surface area contributed by atoms with E-state index in [1.807, 2.05) is 0 Å². The summed E-state index contributed by atoms with van der Waals surface area (Å²) in [6.45, 7) is 0.0566. The number of rotatable bonds is 3. The minimum absolute atomic E-state index is 0.0566. The lowest BCUT2D eigenvalue weighted by atomic mass is 10.1. The molecule has 0 fully saturated rings. The molecule has 0 radical (unpaired) electrons. The van der Waals surface area contributed by atoms with E-state index in [0.29, 0.717) is 5.82 Å². The van der Waals surface area contributed by atoms with Crippen molar-refractivity contribution in [2.45, 2.75) is 12.7 Å². The van der Waals surface area contributed by atoms with E-state index in [0.717, 1.165) is 12.1 Å². The van der Waals surface area contributed by atoms with Crippen LogP contribution in [0.15, 0.2) is 24.5 Å². The fourth-order valence-electron chi connectivity index (χ4n) is 1.67. The maximum atomic E-state index is 12.7. The van der Waals surface area contributed by atoms with E-state index < -0.39 is 23.3 Å². The van der Waals surface area contributed by atoms with Gasteiger partial charge in [0.05, 0.1) is 12.1 Å². The third-order valence-corrected chi connectivity index (χ3v) is 2.83. The van der Waals surface area contributed by atoms with Gasteiger partial charge in [-0.15, -0.1) is 10.2 Å². The van der Waals surface area contributed by atoms with E-state index in [4.69, 9.17) is 5.73 Å². The van der Waals surface area contributed by atoms with Crippen LogP contribution < -0.4 is 11.1 Å². The standard InChI is InChI=1S/C12H12F3N5O/c1-20-6-18-19-10(20)5-17-11(21)7-2-3-9(16)8(4-7)12(13,14)15/h2-4,6H,5,16H2,1H3,(H,17,21). The second-order valence-electron chi connectivity index (χ2n) is 4.34. The topological polar surface area (TPSA) is 85.8 Å². The molecule has 0 saturated heterocycles. The number of nitrogens with two attached hydrogens (primary N) is 1. The number of carbonyl (C=O) groups is 1. The van der Waals surface area contributed by atoms with Gasteiger partial charge in [-0.25, -0.2) is 0 Å². The van der Waals surface area contributed by atoms with E-state index in [1.165, 1.54) is 12.4 Å². The highest BCUT2D eigenvalue weighted by atomic mass is 19.4. The number of halogens is 3. The minimum atomic E-state index is -4.61. The number of benzene rings is 1. The Hall–Kier alpha value is -2.58. The van der Waals surface area contributed by atoms with Crippen molar-refractivity contribution in [3.8, 4) is 0 Å². The van der Waals surface area contributed by atoms with Crippen LogP contribution in [-0.4, -0.2) is 20.7 Å². The van der Waals surface area contributed by atoms with Gasteiger partial charge >= 0.3 is 6.18 Å². The van der Waals surface area contributed by atoms with Gasteiger partial charge in [0.1, 0.15) is 6.33 Å². The first-order valence-electron chi connectivity index (χ1n) is 5.87. The van der Waals surface area contributed by atoms with Crippen LogP contribution in [0, 0.1) is 0 Å². The normalized spacial score (nSPS) is 11.4. The van der Waals surface area contributed by atoms with Crippen molar-refractivity contribution in [2.24, 2.45) is 7.05 Å². The Balaban J connectivity index is 2.15. The van der Waals surface area contributed by atoms with Gasteiger partial charge in [0.25, 0.3) is 5.91 Å². The average Bonchev–Trinajstić information content (AvgIpc) is 2.80. The Bertz CT molecular complexity index is 665. The van der Waals surface area contributed by atoms with E-state index in [1.54, 1.807) is 11.6 Å². The van der Waals surface area contributed by atoms with Crippen LogP contribution in [0.25, 0.3) is 0 Å². The van der Waals surface area contributed by atoms with Crippen LogP contribution in [-0.2, 0) is 19.8 Å². The van der Waals surface area contributed by atoms with Gasteiger partial charge in [0.2, 0.25) is 0 Å². The summed E-state index contributed by atoms with van der Waals surface area (Å²) in [6.07, 6.45) is -3.16. The van der Waals surface area contributed by atoms with E-state index in [-0.39, 0.29) is 12.1 Å². The number of anilines is 1. The van der Waals surface area contributed by atoms with Crippen LogP contribution in [0.5, 0.6) is 0 Å². The van der Waals surface area contributed by atoms with Crippen molar-refractivity contribution in [1.82, 2.24) is 20.1 Å². The summed E-state index contributed by atoms with van der Waals surface area (Å²) in [6, 6.07) is 3.01. The van der Waals surface area contributed by atoms with Crippen molar-refractivity contribution in [3.05, 3.63) is 41.5 Å². The van der Waals surface area contributed by atoms with Gasteiger partial charge in [0.15, 0.2) is 5.82 Å². The quantitative estimate of drug-likeness (QED) is 0.838. The Morgan fingerprint density at radius 1 is 1.43 bits per heavy atom. The van der Waals surface area contributed by atoms with Gasteiger partial charge in [-0.05, 0) is 18.2 Å². The molecule has 0 unspecified atom stereocenters. The van der Waals surface area contributed by atoms with Crippen LogP contribution in [0.2, 0.25) is 0 Å². The zero-order chi connectivity index (χ0) is 15.6. The predicted octanol–water partition coefficient (Wildman–Crippen LogP) is 1.35. The summed E-state index contributed by atoms with van der Waals surface area (Å²) in [5.41, 5.74) is 3.69. The van der Waals surface area contributed by atoms with Gasteiger partial charge in [-0.3, -0.25) is 4.79 Å². The number of nitrogen functional groups attached to an aromatic ring is 1. The van der Waals surface area contributed by atoms with Crippen molar-refractivity contribution in [1.29, 1.82) is 0 Å². The molecule has 1 heterocycles. The Labute approximate surface area is 117 Å². The third-order valence-electron chi connectivity index (χ3n) is 2.83. The zero-order valence-electron chi connectivity index (χ0n) is 11.0. The second-order valence-corrected chi connectivity index (χ2v) is 4.34. The predicted molar refractivity (Wildman–Crippen MR) is 68.0 cm³/mol. The highest BCUT2D eigenvalue weighted by molar-refractivity contribution is 5.94. The average molecular weight is 299 g/mol. The van der Waals surface area contributed by atoms with Crippen LogP contribution in [0.1, 0.15) is 21.7 Å². The van der Waals surface area contributed by atoms with Gasteiger partial charge in [-0.1, -0.05) is 0 Å². The summed E-state index contributed by atoms with van der Waals surface area (Å²) in [5, 5.41) is 9.85. The van der Waals surface area contributed by atoms with Crippen molar-refractivity contribution in [2.75, 3.05) is 5.73 Å². The Kier molecular flexibility index (Phi) is 3.83. The number of alkyl halides is 3. The molecule has 9 heteroatoms. The summed E-state index contributed by atoms with van der Waals surface area (Å²) in [5.74, 6) is -0.168. The molecule has 0 bridgehead atoms. The molecule has 6 nitrogen and oxygen atoms in total. The lowest BCUT2D eigenvalue weighted by molar-refractivity contribution is -0.136. The van der Waals surface area contributed by atoms with Crippen LogP contribution in [0.4, 0.5) is 18.9 Å². The Morgan fingerprint density at radius 2 is 2.14 bits per heavy atom. The first kappa shape index (κ1) is 14.8. The molecule has 0 saturated carbocycles.